The number of nitrogens with zero attached hydrogens (tertiary/aromatic N) is 1. The largest absolute Gasteiger partial charge is 0.508 e. The third kappa shape index (κ3) is 12.2. The number of amides is 2. The van der Waals surface area contributed by atoms with Gasteiger partial charge in [0.1, 0.15) is 29.6 Å². The lowest BCUT2D eigenvalue weighted by Gasteiger charge is -2.27. The number of non-ortho nitro benzene ring substituents is 1. The van der Waals surface area contributed by atoms with Gasteiger partial charge in [0.25, 0.3) is 5.69 Å². The summed E-state index contributed by atoms with van der Waals surface area (Å²) in [5, 5.41) is 26.3. The highest BCUT2D eigenvalue weighted by Crippen LogP contribution is 2.21. The number of aromatic hydroxyl groups is 1. The fourth-order valence-electron chi connectivity index (χ4n) is 5.09. The van der Waals surface area contributed by atoms with Crippen molar-refractivity contribution >= 4 is 45.3 Å². The molecular formula is C38H42N4O9S2. The third-order valence-corrected chi connectivity index (χ3v) is 11.0. The molecule has 4 atom stereocenters. The maximum absolute atomic E-state index is 14.0. The number of phenolic OH excluding ortho intramolecular Hbond substituents is 1. The van der Waals surface area contributed by atoms with Gasteiger partial charge in [-0.15, -0.1) is 0 Å². The average Bonchev–Trinajstić information content (AvgIpc) is 3.14. The van der Waals surface area contributed by atoms with Crippen molar-refractivity contribution in [3.8, 4) is 11.5 Å². The zero-order valence-electron chi connectivity index (χ0n) is 29.4. The number of aryl methyl sites for hydroxylation is 1. The average molecular weight is 763 g/mol. The number of hydrogen-bond donors (Lipinski definition) is 4. The number of nitro groups is 1. The zero-order chi connectivity index (χ0) is 38.5. The number of nitrogens with one attached hydrogen (secondary N) is 3. The first-order valence-electron chi connectivity index (χ1n) is 16.8. The summed E-state index contributed by atoms with van der Waals surface area (Å²) in [5.74, 6) is -2.23. The van der Waals surface area contributed by atoms with Gasteiger partial charge in [-0.05, 0) is 60.4 Å². The Morgan fingerprint density at radius 3 is 2.08 bits per heavy atom. The second-order valence-electron chi connectivity index (χ2n) is 12.5. The molecule has 4 N–H and O–H groups in total. The number of phenols is 1. The van der Waals surface area contributed by atoms with Gasteiger partial charge in [0.05, 0.1) is 9.82 Å². The van der Waals surface area contributed by atoms with Crippen LogP contribution in [0.25, 0.3) is 0 Å². The summed E-state index contributed by atoms with van der Waals surface area (Å²) < 4.78 is 34.9. The molecule has 4 rings (SSSR count). The highest BCUT2D eigenvalue weighted by molar-refractivity contribution is 7.98. The number of ether oxygens (including phenoxy) is 1. The molecule has 0 saturated heterocycles. The van der Waals surface area contributed by atoms with E-state index >= 15 is 0 Å². The smallest absolute Gasteiger partial charge is 0.334 e. The van der Waals surface area contributed by atoms with Crippen LogP contribution in [0.3, 0.4) is 0 Å². The Morgan fingerprint density at radius 1 is 0.849 bits per heavy atom. The van der Waals surface area contributed by atoms with Gasteiger partial charge in [-0.25, -0.2) is 13.2 Å². The molecule has 0 aromatic heterocycles. The molecule has 280 valence electrons. The van der Waals surface area contributed by atoms with E-state index in [-0.39, 0.29) is 34.3 Å². The maximum Gasteiger partial charge on any atom is 0.334 e. The second-order valence-corrected chi connectivity index (χ2v) is 15.2. The maximum atomic E-state index is 14.0. The Bertz CT molecular complexity index is 1960. The van der Waals surface area contributed by atoms with E-state index in [4.69, 9.17) is 4.74 Å². The molecule has 53 heavy (non-hydrogen) atoms. The van der Waals surface area contributed by atoms with Gasteiger partial charge in [0, 0.05) is 30.1 Å². The normalized spacial score (nSPS) is 13.6. The minimum atomic E-state index is -4.17. The van der Waals surface area contributed by atoms with E-state index < -0.39 is 56.8 Å². The molecule has 0 heterocycles. The zero-order valence-corrected chi connectivity index (χ0v) is 31.1. The van der Waals surface area contributed by atoms with Crippen molar-refractivity contribution in [2.45, 2.75) is 62.4 Å². The Labute approximate surface area is 312 Å². The van der Waals surface area contributed by atoms with Crippen LogP contribution >= 0.6 is 11.8 Å². The first kappa shape index (κ1) is 40.5. The quantitative estimate of drug-likeness (QED) is 0.0461. The molecule has 0 unspecified atom stereocenters. The number of sulfonamides is 1. The summed E-state index contributed by atoms with van der Waals surface area (Å²) in [5.41, 5.74) is 2.20. The SMILES string of the molecule is CC[C@H](C)[C@H](NC(=O)[C@H](Cc1ccc(O)cc1)NC(=O)[C@H](CSCc1ccccc1)NS(=O)(=O)c1ccc(C)cc1)C(=O)Oc1ccc([N+](=O)[O-])cc1. The van der Waals surface area contributed by atoms with E-state index in [1.165, 1.54) is 60.3 Å². The van der Waals surface area contributed by atoms with Crippen LogP contribution in [0.1, 0.15) is 37.0 Å². The summed E-state index contributed by atoms with van der Waals surface area (Å²) in [4.78, 5) is 51.9. The summed E-state index contributed by atoms with van der Waals surface area (Å²) in [6, 6.07) is 22.8. The third-order valence-electron chi connectivity index (χ3n) is 8.38. The second kappa shape index (κ2) is 19.0. The lowest BCUT2D eigenvalue weighted by molar-refractivity contribution is -0.384. The van der Waals surface area contributed by atoms with Crippen molar-refractivity contribution in [1.29, 1.82) is 0 Å². The molecule has 0 radical (unpaired) electrons. The van der Waals surface area contributed by atoms with Gasteiger partial charge in [-0.3, -0.25) is 19.7 Å². The predicted octanol–water partition coefficient (Wildman–Crippen LogP) is 5.05. The molecule has 0 aliphatic heterocycles. The van der Waals surface area contributed by atoms with Gasteiger partial charge < -0.3 is 20.5 Å². The Kier molecular flexibility index (Phi) is 14.5. The van der Waals surface area contributed by atoms with Gasteiger partial charge in [-0.2, -0.15) is 16.5 Å². The summed E-state index contributed by atoms with van der Waals surface area (Å²) in [6.45, 7) is 5.37. The summed E-state index contributed by atoms with van der Waals surface area (Å²) in [6.07, 6.45) is 0.383. The van der Waals surface area contributed by atoms with Crippen LogP contribution in [0.2, 0.25) is 0 Å². The van der Waals surface area contributed by atoms with Gasteiger partial charge in [0.15, 0.2) is 0 Å². The molecule has 0 saturated carbocycles. The number of benzene rings is 4. The highest BCUT2D eigenvalue weighted by atomic mass is 32.2. The Hall–Kier alpha value is -5.25. The lowest BCUT2D eigenvalue weighted by atomic mass is 9.98. The van der Waals surface area contributed by atoms with Crippen molar-refractivity contribution in [2.24, 2.45) is 5.92 Å². The van der Waals surface area contributed by atoms with Gasteiger partial charge >= 0.3 is 5.97 Å². The van der Waals surface area contributed by atoms with Crippen LogP contribution in [0.4, 0.5) is 5.69 Å². The standard InChI is InChI=1S/C38H42N4O9S2/c1-4-26(3)35(38(46)51-31-18-14-29(15-19-31)42(47)48)40-36(44)33(22-27-12-16-30(43)17-13-27)39-37(45)34(24-52-23-28-8-6-5-7-9-28)41-53(49,50)32-20-10-25(2)11-21-32/h5-21,26,33-35,41,43H,4,22-24H2,1-3H3,(H,39,45)(H,40,44)/t26-,33-,34-,35-/m0/s1. The number of rotatable bonds is 18. The molecule has 0 fully saturated rings. The molecule has 15 heteroatoms. The topological polar surface area (TPSA) is 194 Å². The fourth-order valence-corrected chi connectivity index (χ4v) is 7.41. The van der Waals surface area contributed by atoms with Crippen LogP contribution in [-0.2, 0) is 36.6 Å². The molecule has 2 amide bonds. The number of carbonyl (C=O) groups excluding carboxylic acids is 3. The van der Waals surface area contributed by atoms with Crippen molar-refractivity contribution in [3.63, 3.8) is 0 Å². The van der Waals surface area contributed by atoms with E-state index in [0.29, 0.717) is 17.7 Å². The van der Waals surface area contributed by atoms with Crippen molar-refractivity contribution in [1.82, 2.24) is 15.4 Å². The Balaban J connectivity index is 1.59. The van der Waals surface area contributed by atoms with Crippen LogP contribution < -0.4 is 20.1 Å². The minimum Gasteiger partial charge on any atom is -0.508 e. The molecule has 0 aliphatic carbocycles. The molecule has 0 spiro atoms. The molecule has 4 aromatic rings. The van der Waals surface area contributed by atoms with E-state index in [9.17, 15) is 38.0 Å². The molecule has 13 nitrogen and oxygen atoms in total. The molecular weight excluding hydrogens is 721 g/mol. The molecule has 0 bridgehead atoms. The number of carbonyl (C=O) groups is 3. The van der Waals surface area contributed by atoms with Crippen LogP contribution in [-0.4, -0.2) is 60.1 Å². The van der Waals surface area contributed by atoms with Gasteiger partial charge in [-0.1, -0.05) is 80.4 Å². The van der Waals surface area contributed by atoms with E-state index in [1.54, 1.807) is 31.2 Å². The Morgan fingerprint density at radius 2 is 1.47 bits per heavy atom. The van der Waals surface area contributed by atoms with E-state index in [1.807, 2.05) is 44.2 Å². The van der Waals surface area contributed by atoms with E-state index in [2.05, 4.69) is 15.4 Å². The van der Waals surface area contributed by atoms with Crippen LogP contribution in [0, 0.1) is 23.0 Å². The first-order chi connectivity index (χ1) is 25.2. The van der Waals surface area contributed by atoms with Crippen molar-refractivity contribution in [3.05, 3.63) is 130 Å². The fraction of sp³-hybridized carbons (Fsp3) is 0.289. The number of nitro benzene ring substituents is 1. The van der Waals surface area contributed by atoms with Crippen molar-refractivity contribution in [2.75, 3.05) is 5.75 Å². The molecule has 0 aliphatic rings. The van der Waals surface area contributed by atoms with Crippen LogP contribution in [0.15, 0.2) is 108 Å². The number of hydrogen-bond acceptors (Lipinski definition) is 10. The summed E-state index contributed by atoms with van der Waals surface area (Å²) in [7, 11) is -4.17. The first-order valence-corrected chi connectivity index (χ1v) is 19.4. The minimum absolute atomic E-state index is 0.00868. The van der Waals surface area contributed by atoms with Crippen molar-refractivity contribution < 1.29 is 37.6 Å². The predicted molar refractivity (Wildman–Crippen MR) is 202 cm³/mol. The molecule has 4 aromatic carbocycles. The lowest BCUT2D eigenvalue weighted by Crippen LogP contribution is -2.58. The van der Waals surface area contributed by atoms with E-state index in [0.717, 1.165) is 11.1 Å². The highest BCUT2D eigenvalue weighted by Gasteiger charge is 2.34. The van der Waals surface area contributed by atoms with Crippen LogP contribution in [0.5, 0.6) is 11.5 Å². The number of esters is 1. The monoisotopic (exact) mass is 762 g/mol. The number of thioether (sulfide) groups is 1. The van der Waals surface area contributed by atoms with Gasteiger partial charge in [0.2, 0.25) is 21.8 Å². The summed E-state index contributed by atoms with van der Waals surface area (Å²) >= 11 is 1.33.